The molecule has 1 amide bonds. The maximum absolute atomic E-state index is 12.7. The number of amides is 1. The van der Waals surface area contributed by atoms with Crippen LogP contribution >= 0.6 is 0 Å². The normalized spacial score (nSPS) is 11.4. The van der Waals surface area contributed by atoms with Crippen LogP contribution < -0.4 is 10.1 Å². The molecular weight excluding hydrogens is 322 g/mol. The minimum atomic E-state index is -1.07. The van der Waals surface area contributed by atoms with Crippen LogP contribution in [0.5, 0.6) is 5.75 Å². The number of anilines is 1. The van der Waals surface area contributed by atoms with Crippen molar-refractivity contribution >= 4 is 17.6 Å². The Labute approximate surface area is 146 Å². The molecule has 0 aliphatic heterocycles. The van der Waals surface area contributed by atoms with E-state index in [4.69, 9.17) is 14.2 Å². The third-order valence-corrected chi connectivity index (χ3v) is 3.35. The number of nitrogens with one attached hydrogen (secondary N) is 1. The predicted octanol–water partition coefficient (Wildman–Crippen LogP) is 2.95. The number of hydrogen-bond acceptors (Lipinski definition) is 5. The highest BCUT2D eigenvalue weighted by Crippen LogP contribution is 2.22. The van der Waals surface area contributed by atoms with Gasteiger partial charge in [0.15, 0.2) is 0 Å². The highest BCUT2D eigenvalue weighted by atomic mass is 16.6. The van der Waals surface area contributed by atoms with Crippen LogP contribution in [0.25, 0.3) is 0 Å². The molecule has 2 rings (SSSR count). The molecule has 0 unspecified atom stereocenters. The topological polar surface area (TPSA) is 73.9 Å². The Balaban J connectivity index is 2.15. The van der Waals surface area contributed by atoms with Gasteiger partial charge in [-0.1, -0.05) is 36.4 Å². The van der Waals surface area contributed by atoms with Crippen molar-refractivity contribution < 1.29 is 23.8 Å². The van der Waals surface area contributed by atoms with Crippen LogP contribution in [0, 0.1) is 0 Å². The number of ether oxygens (including phenoxy) is 3. The Kier molecular flexibility index (Phi) is 6.98. The second-order valence-electron chi connectivity index (χ2n) is 5.14. The second-order valence-corrected chi connectivity index (χ2v) is 5.14. The number of benzene rings is 2. The molecule has 0 aromatic heterocycles. The molecule has 0 saturated carbocycles. The molecule has 0 fully saturated rings. The van der Waals surface area contributed by atoms with Gasteiger partial charge in [-0.05, 0) is 19.1 Å². The molecule has 0 bridgehead atoms. The fourth-order valence-electron chi connectivity index (χ4n) is 2.16. The van der Waals surface area contributed by atoms with Crippen molar-refractivity contribution in [3.63, 3.8) is 0 Å². The van der Waals surface area contributed by atoms with Gasteiger partial charge in [-0.2, -0.15) is 0 Å². The molecule has 6 nitrogen and oxygen atoms in total. The second kappa shape index (κ2) is 9.44. The lowest BCUT2D eigenvalue weighted by atomic mass is 10.1. The average Bonchev–Trinajstić information content (AvgIpc) is 2.65. The first kappa shape index (κ1) is 18.5. The van der Waals surface area contributed by atoms with E-state index in [0.29, 0.717) is 23.6 Å². The van der Waals surface area contributed by atoms with Crippen molar-refractivity contribution in [2.24, 2.45) is 0 Å². The summed E-state index contributed by atoms with van der Waals surface area (Å²) in [4.78, 5) is 24.5. The summed E-state index contributed by atoms with van der Waals surface area (Å²) >= 11 is 0. The van der Waals surface area contributed by atoms with Crippen LogP contribution in [0.15, 0.2) is 54.6 Å². The van der Waals surface area contributed by atoms with Gasteiger partial charge >= 0.3 is 5.97 Å². The van der Waals surface area contributed by atoms with Crippen LogP contribution in [0.3, 0.4) is 0 Å². The number of carbonyl (C=O) groups excluding carboxylic acids is 2. The lowest BCUT2D eigenvalue weighted by molar-refractivity contribution is -0.159. The Hall–Kier alpha value is -2.86. The molecule has 0 spiro atoms. The van der Waals surface area contributed by atoms with E-state index >= 15 is 0 Å². The zero-order chi connectivity index (χ0) is 18.1. The van der Waals surface area contributed by atoms with Crippen LogP contribution in [0.4, 0.5) is 5.69 Å². The van der Waals surface area contributed by atoms with E-state index in [2.05, 4.69) is 5.32 Å². The number of methoxy groups -OCH3 is 1. The summed E-state index contributed by atoms with van der Waals surface area (Å²) in [5.74, 6) is -0.441. The van der Waals surface area contributed by atoms with E-state index in [0.717, 1.165) is 0 Å². The zero-order valence-corrected chi connectivity index (χ0v) is 14.2. The zero-order valence-electron chi connectivity index (χ0n) is 14.2. The van der Waals surface area contributed by atoms with E-state index in [1.807, 2.05) is 6.07 Å². The van der Waals surface area contributed by atoms with E-state index < -0.39 is 18.0 Å². The Morgan fingerprint density at radius 3 is 2.52 bits per heavy atom. The Morgan fingerprint density at radius 2 is 1.84 bits per heavy atom. The molecule has 2 aromatic carbocycles. The lowest BCUT2D eigenvalue weighted by Crippen LogP contribution is -2.27. The molecule has 6 heteroatoms. The first-order valence-corrected chi connectivity index (χ1v) is 7.91. The molecule has 2 aromatic rings. The van der Waals surface area contributed by atoms with Crippen molar-refractivity contribution in [2.45, 2.75) is 13.0 Å². The van der Waals surface area contributed by atoms with Crippen molar-refractivity contribution in [1.29, 1.82) is 0 Å². The number of hydrogen-bond donors (Lipinski definition) is 1. The molecule has 25 heavy (non-hydrogen) atoms. The fourth-order valence-corrected chi connectivity index (χ4v) is 2.16. The average molecular weight is 343 g/mol. The van der Waals surface area contributed by atoms with E-state index in [9.17, 15) is 9.59 Å². The minimum Gasteiger partial charge on any atom is -0.497 e. The summed E-state index contributed by atoms with van der Waals surface area (Å²) in [6.45, 7) is 1.96. The third-order valence-electron chi connectivity index (χ3n) is 3.35. The summed E-state index contributed by atoms with van der Waals surface area (Å²) in [5.41, 5.74) is 1.12. The smallest absolute Gasteiger partial charge is 0.333 e. The van der Waals surface area contributed by atoms with Gasteiger partial charge in [-0.15, -0.1) is 0 Å². The van der Waals surface area contributed by atoms with Gasteiger partial charge in [0.25, 0.3) is 5.91 Å². The highest BCUT2D eigenvalue weighted by molar-refractivity contribution is 5.96. The van der Waals surface area contributed by atoms with Crippen molar-refractivity contribution in [3.8, 4) is 5.75 Å². The summed E-state index contributed by atoms with van der Waals surface area (Å²) < 4.78 is 15.5. The van der Waals surface area contributed by atoms with Crippen LogP contribution in [-0.4, -0.2) is 32.2 Å². The van der Waals surface area contributed by atoms with E-state index in [-0.39, 0.29) is 6.61 Å². The van der Waals surface area contributed by atoms with Crippen LogP contribution in [0.2, 0.25) is 0 Å². The number of esters is 1. The molecule has 1 N–H and O–H groups in total. The van der Waals surface area contributed by atoms with Crippen LogP contribution in [0.1, 0.15) is 18.6 Å². The van der Waals surface area contributed by atoms with Gasteiger partial charge in [0.2, 0.25) is 6.10 Å². The number of rotatable bonds is 8. The standard InChI is InChI=1S/C19H21NO5/c1-3-24-13-17(21)25-18(14-8-5-4-6-9-14)19(22)20-15-10-7-11-16(12-15)23-2/h4-12,18H,3,13H2,1-2H3,(H,20,22)/t18-/m1/s1. The van der Waals surface area contributed by atoms with Crippen molar-refractivity contribution in [1.82, 2.24) is 0 Å². The molecule has 0 aliphatic rings. The molecule has 0 heterocycles. The molecule has 0 aliphatic carbocycles. The maximum Gasteiger partial charge on any atom is 0.333 e. The SMILES string of the molecule is CCOCC(=O)O[C@@H](C(=O)Nc1cccc(OC)c1)c1ccccc1. The van der Waals surface area contributed by atoms with Gasteiger partial charge in [0.1, 0.15) is 12.4 Å². The molecular formula is C19H21NO5. The monoisotopic (exact) mass is 343 g/mol. The predicted molar refractivity (Wildman–Crippen MR) is 93.4 cm³/mol. The molecule has 0 saturated heterocycles. The van der Waals surface area contributed by atoms with Crippen molar-refractivity contribution in [3.05, 3.63) is 60.2 Å². The maximum atomic E-state index is 12.7. The van der Waals surface area contributed by atoms with Gasteiger partial charge in [0, 0.05) is 23.9 Å². The Bertz CT molecular complexity index is 702. The summed E-state index contributed by atoms with van der Waals surface area (Å²) in [5, 5.41) is 2.74. The molecule has 1 atom stereocenters. The van der Waals surface area contributed by atoms with Gasteiger partial charge in [-0.3, -0.25) is 4.79 Å². The van der Waals surface area contributed by atoms with Gasteiger partial charge < -0.3 is 19.5 Å². The Morgan fingerprint density at radius 1 is 1.08 bits per heavy atom. The molecule has 132 valence electrons. The number of carbonyl (C=O) groups is 2. The van der Waals surface area contributed by atoms with Gasteiger partial charge in [-0.25, -0.2) is 4.79 Å². The minimum absolute atomic E-state index is 0.202. The fraction of sp³-hybridized carbons (Fsp3) is 0.263. The van der Waals surface area contributed by atoms with Crippen molar-refractivity contribution in [2.75, 3.05) is 25.6 Å². The summed E-state index contributed by atoms with van der Waals surface area (Å²) in [6, 6.07) is 15.8. The quantitative estimate of drug-likeness (QED) is 0.746. The first-order chi connectivity index (χ1) is 12.1. The third kappa shape index (κ3) is 5.61. The summed E-state index contributed by atoms with van der Waals surface area (Å²) in [7, 11) is 1.54. The van der Waals surface area contributed by atoms with E-state index in [1.165, 1.54) is 0 Å². The van der Waals surface area contributed by atoms with Crippen LogP contribution in [-0.2, 0) is 19.1 Å². The highest BCUT2D eigenvalue weighted by Gasteiger charge is 2.25. The first-order valence-electron chi connectivity index (χ1n) is 7.91. The molecule has 0 radical (unpaired) electrons. The largest absolute Gasteiger partial charge is 0.497 e. The van der Waals surface area contributed by atoms with E-state index in [1.54, 1.807) is 62.6 Å². The lowest BCUT2D eigenvalue weighted by Gasteiger charge is -2.18. The summed E-state index contributed by atoms with van der Waals surface area (Å²) in [6.07, 6.45) is -1.07. The van der Waals surface area contributed by atoms with Gasteiger partial charge in [0.05, 0.1) is 7.11 Å².